The van der Waals surface area contributed by atoms with Gasteiger partial charge in [-0.25, -0.2) is 9.78 Å². The van der Waals surface area contributed by atoms with Gasteiger partial charge in [-0.1, -0.05) is 34.5 Å². The van der Waals surface area contributed by atoms with Crippen LogP contribution in [0.2, 0.25) is 10.0 Å². The van der Waals surface area contributed by atoms with Crippen molar-refractivity contribution in [3.8, 4) is 0 Å². The average Bonchev–Trinajstić information content (AvgIpc) is 3.33. The smallest absolute Gasteiger partial charge is 0.349 e. The summed E-state index contributed by atoms with van der Waals surface area (Å²) in [5.74, 6) is -0.629. The molecule has 0 bridgehead atoms. The molecule has 1 saturated heterocycles. The Labute approximate surface area is 194 Å². The first-order valence-corrected chi connectivity index (χ1v) is 11.4. The maximum Gasteiger partial charge on any atom is 0.349 e. The average molecular weight is 490 g/mol. The molecule has 1 fully saturated rings. The van der Waals surface area contributed by atoms with E-state index < -0.39 is 12.1 Å². The number of aliphatic hydroxyl groups excluding tert-OH is 1. The van der Waals surface area contributed by atoms with E-state index in [-0.39, 0.29) is 35.9 Å². The molecule has 3 atom stereocenters. The number of aromatic amines is 1. The molecule has 170 valence electrons. The first kappa shape index (κ1) is 24.0. The number of halogens is 2. The fraction of sp³-hybridized carbons (Fsp3) is 0.550. The summed E-state index contributed by atoms with van der Waals surface area (Å²) >= 11 is 13.6. The van der Waals surface area contributed by atoms with Gasteiger partial charge in [-0.3, -0.25) is 4.79 Å². The quantitative estimate of drug-likeness (QED) is 0.429. The van der Waals surface area contributed by atoms with Gasteiger partial charge in [0.1, 0.15) is 10.6 Å². The fourth-order valence-corrected chi connectivity index (χ4v) is 4.84. The van der Waals surface area contributed by atoms with E-state index >= 15 is 0 Å². The van der Waals surface area contributed by atoms with Gasteiger partial charge in [-0.15, -0.1) is 0 Å². The summed E-state index contributed by atoms with van der Waals surface area (Å²) in [5.41, 5.74) is 0.959. The lowest BCUT2D eigenvalue weighted by molar-refractivity contribution is -0.0339. The molecular weight excluding hydrogens is 465 g/mol. The zero-order valence-electron chi connectivity index (χ0n) is 17.5. The van der Waals surface area contributed by atoms with Crippen molar-refractivity contribution in [2.24, 2.45) is 5.92 Å². The molecule has 0 saturated carbocycles. The second-order valence-electron chi connectivity index (χ2n) is 7.59. The highest BCUT2D eigenvalue weighted by atomic mass is 35.5. The summed E-state index contributed by atoms with van der Waals surface area (Å²) in [6.07, 6.45) is 1.47. The number of nitrogens with one attached hydrogen (secondary N) is 1. The number of H-pyrrole nitrogens is 1. The highest BCUT2D eigenvalue weighted by Crippen LogP contribution is 2.34. The van der Waals surface area contributed by atoms with E-state index in [9.17, 15) is 14.7 Å². The van der Waals surface area contributed by atoms with Gasteiger partial charge in [-0.2, -0.15) is 0 Å². The number of carbonyl (C=O) groups is 2. The maximum atomic E-state index is 12.9. The summed E-state index contributed by atoms with van der Waals surface area (Å²) in [6, 6.07) is 0. The maximum absolute atomic E-state index is 12.9. The van der Waals surface area contributed by atoms with Crippen LogP contribution in [0.15, 0.2) is 6.20 Å². The number of ketones is 1. The molecule has 0 spiro atoms. The van der Waals surface area contributed by atoms with Gasteiger partial charge >= 0.3 is 5.97 Å². The molecule has 1 aliphatic heterocycles. The number of carbonyl (C=O) groups excluding carboxylic acids is 2. The van der Waals surface area contributed by atoms with Crippen molar-refractivity contribution < 1.29 is 24.2 Å². The van der Waals surface area contributed by atoms with E-state index in [4.69, 9.17) is 32.7 Å². The van der Waals surface area contributed by atoms with Gasteiger partial charge in [0.25, 0.3) is 0 Å². The lowest BCUT2D eigenvalue weighted by Gasteiger charge is -2.38. The first-order valence-electron chi connectivity index (χ1n) is 9.86. The lowest BCUT2D eigenvalue weighted by Crippen LogP contribution is -2.46. The van der Waals surface area contributed by atoms with E-state index in [0.29, 0.717) is 45.9 Å². The topological polar surface area (TPSA) is 105 Å². The number of aryl methyl sites for hydroxylation is 1. The molecule has 8 nitrogen and oxygen atoms in total. The third-order valence-electron chi connectivity index (χ3n) is 5.18. The predicted molar refractivity (Wildman–Crippen MR) is 120 cm³/mol. The second-order valence-corrected chi connectivity index (χ2v) is 9.36. The van der Waals surface area contributed by atoms with Crippen LogP contribution in [-0.2, 0) is 9.47 Å². The van der Waals surface area contributed by atoms with Gasteiger partial charge in [0, 0.05) is 25.2 Å². The van der Waals surface area contributed by atoms with Crippen LogP contribution in [0.5, 0.6) is 0 Å². The molecular formula is C20H25Cl2N3O5S. The van der Waals surface area contributed by atoms with Crippen molar-refractivity contribution in [3.05, 3.63) is 32.5 Å². The SMILES string of the molecule is COC(=O)c1cnc(N2CCC(CC(=O)c3[nH]c(C)c(Cl)c3Cl)C(OCC(C)O)C2)s1. The van der Waals surface area contributed by atoms with Crippen LogP contribution in [0.25, 0.3) is 0 Å². The van der Waals surface area contributed by atoms with E-state index in [1.807, 2.05) is 4.90 Å². The lowest BCUT2D eigenvalue weighted by atomic mass is 9.88. The van der Waals surface area contributed by atoms with Crippen molar-refractivity contribution in [2.75, 3.05) is 31.7 Å². The van der Waals surface area contributed by atoms with E-state index in [1.165, 1.54) is 24.6 Å². The van der Waals surface area contributed by atoms with Crippen molar-refractivity contribution >= 4 is 51.4 Å². The molecule has 2 aromatic rings. The molecule has 2 aromatic heterocycles. The molecule has 1 aliphatic rings. The van der Waals surface area contributed by atoms with Gasteiger partial charge in [0.2, 0.25) is 0 Å². The predicted octanol–water partition coefficient (Wildman–Crippen LogP) is 3.74. The van der Waals surface area contributed by atoms with Gasteiger partial charge in [0.15, 0.2) is 10.9 Å². The summed E-state index contributed by atoms with van der Waals surface area (Å²) in [6.45, 7) is 4.70. The summed E-state index contributed by atoms with van der Waals surface area (Å²) in [5, 5.41) is 10.9. The van der Waals surface area contributed by atoms with Crippen LogP contribution >= 0.6 is 34.5 Å². The summed E-state index contributed by atoms with van der Waals surface area (Å²) < 4.78 is 10.7. The standard InChI is InChI=1S/C20H25Cl2N3O5S/c1-10(26)9-30-14-8-25(20-23-7-15(31-20)19(28)29-3)5-4-12(14)6-13(27)18-17(22)16(21)11(2)24-18/h7,10,12,14,24,26H,4-6,8-9H2,1-3H3. The monoisotopic (exact) mass is 489 g/mol. The number of Topliss-reactive ketones (excluding diaryl/α,β-unsaturated/α-hetero) is 1. The minimum Gasteiger partial charge on any atom is -0.465 e. The fourth-order valence-electron chi connectivity index (χ4n) is 3.53. The van der Waals surface area contributed by atoms with E-state index in [2.05, 4.69) is 9.97 Å². The largest absolute Gasteiger partial charge is 0.465 e. The number of piperidine rings is 1. The zero-order valence-corrected chi connectivity index (χ0v) is 19.8. The number of aliphatic hydroxyl groups is 1. The molecule has 0 radical (unpaired) electrons. The molecule has 3 heterocycles. The first-order chi connectivity index (χ1) is 14.7. The normalized spacial score (nSPS) is 20.0. The van der Waals surface area contributed by atoms with Crippen LogP contribution in [0.3, 0.4) is 0 Å². The number of rotatable bonds is 8. The highest BCUT2D eigenvalue weighted by molar-refractivity contribution is 7.17. The Bertz CT molecular complexity index is 945. The Kier molecular flexibility index (Phi) is 7.98. The van der Waals surface area contributed by atoms with Crippen molar-refractivity contribution in [3.63, 3.8) is 0 Å². The molecule has 0 aliphatic carbocycles. The summed E-state index contributed by atoms with van der Waals surface area (Å²) in [7, 11) is 1.33. The second kappa shape index (κ2) is 10.3. The molecule has 3 unspecified atom stereocenters. The molecule has 0 aromatic carbocycles. The molecule has 31 heavy (non-hydrogen) atoms. The summed E-state index contributed by atoms with van der Waals surface area (Å²) in [4.78, 5) is 34.4. The minimum absolute atomic E-state index is 0.0685. The van der Waals surface area contributed by atoms with Crippen LogP contribution < -0.4 is 4.90 Å². The number of thiazole rings is 1. The molecule has 0 amide bonds. The molecule has 11 heteroatoms. The Morgan fingerprint density at radius 2 is 2.16 bits per heavy atom. The van der Waals surface area contributed by atoms with Crippen LogP contribution in [0.1, 0.15) is 45.6 Å². The van der Waals surface area contributed by atoms with Crippen LogP contribution in [0.4, 0.5) is 5.13 Å². The van der Waals surface area contributed by atoms with Gasteiger partial charge < -0.3 is 24.5 Å². The van der Waals surface area contributed by atoms with Gasteiger partial charge in [-0.05, 0) is 26.2 Å². The number of aromatic nitrogens is 2. The highest BCUT2D eigenvalue weighted by Gasteiger charge is 2.34. The van der Waals surface area contributed by atoms with Gasteiger partial charge in [0.05, 0.1) is 42.2 Å². The number of methoxy groups -OCH3 is 1. The molecule has 3 rings (SSSR count). The van der Waals surface area contributed by atoms with E-state index in [0.717, 1.165) is 0 Å². The zero-order chi connectivity index (χ0) is 22.7. The Hall–Kier alpha value is -1.65. The third kappa shape index (κ3) is 5.59. The number of esters is 1. The number of ether oxygens (including phenoxy) is 2. The number of hydrogen-bond acceptors (Lipinski definition) is 8. The van der Waals surface area contributed by atoms with Crippen molar-refractivity contribution in [2.45, 2.75) is 38.9 Å². The van der Waals surface area contributed by atoms with Crippen molar-refractivity contribution in [1.29, 1.82) is 0 Å². The van der Waals surface area contributed by atoms with Crippen LogP contribution in [0, 0.1) is 12.8 Å². The number of nitrogens with zero attached hydrogens (tertiary/aromatic N) is 2. The Morgan fingerprint density at radius 1 is 1.42 bits per heavy atom. The Balaban J connectivity index is 1.73. The van der Waals surface area contributed by atoms with E-state index in [1.54, 1.807) is 13.8 Å². The van der Waals surface area contributed by atoms with Crippen molar-refractivity contribution in [1.82, 2.24) is 9.97 Å². The number of anilines is 1. The Morgan fingerprint density at radius 3 is 2.77 bits per heavy atom. The number of hydrogen-bond donors (Lipinski definition) is 2. The third-order valence-corrected chi connectivity index (χ3v) is 7.16. The molecule has 2 N–H and O–H groups in total. The minimum atomic E-state index is -0.628. The van der Waals surface area contributed by atoms with Crippen LogP contribution in [-0.4, -0.2) is 65.8 Å².